The minimum atomic E-state index is -0.928. The first-order valence-electron chi connectivity index (χ1n) is 7.92. The number of rotatable bonds is 3. The summed E-state index contributed by atoms with van der Waals surface area (Å²) in [6.07, 6.45) is 1.66. The number of benzene rings is 2. The van der Waals surface area contributed by atoms with Crippen molar-refractivity contribution < 1.29 is 18.3 Å². The second kappa shape index (κ2) is 6.25. The van der Waals surface area contributed by atoms with Crippen molar-refractivity contribution in [1.82, 2.24) is 15.3 Å². The Kier molecular flexibility index (Phi) is 3.93. The largest absolute Gasteiger partial charge is 0.371 e. The highest BCUT2D eigenvalue weighted by Gasteiger charge is 2.31. The third kappa shape index (κ3) is 2.98. The van der Waals surface area contributed by atoms with Crippen molar-refractivity contribution in [3.63, 3.8) is 0 Å². The number of ether oxygens (including phenoxy) is 1. The molecule has 2 atom stereocenters. The second-order valence-corrected chi connectivity index (χ2v) is 5.97. The van der Waals surface area contributed by atoms with Crippen LogP contribution in [0.3, 0.4) is 0 Å². The van der Waals surface area contributed by atoms with Crippen molar-refractivity contribution in [2.75, 3.05) is 6.61 Å². The van der Waals surface area contributed by atoms with Crippen LogP contribution in [0.4, 0.5) is 8.78 Å². The number of nitrogens with one attached hydrogen (secondary N) is 2. The molecule has 1 aliphatic rings. The van der Waals surface area contributed by atoms with E-state index in [1.54, 1.807) is 24.5 Å². The fourth-order valence-corrected chi connectivity index (χ4v) is 3.08. The number of fused-ring (bicyclic) bond motifs is 1. The number of aromatic nitrogens is 2. The summed E-state index contributed by atoms with van der Waals surface area (Å²) >= 11 is 0. The molecule has 2 heterocycles. The van der Waals surface area contributed by atoms with Crippen LogP contribution in [0.5, 0.6) is 0 Å². The summed E-state index contributed by atoms with van der Waals surface area (Å²) in [6.45, 7) is 0.439. The molecule has 4 rings (SSSR count). The lowest BCUT2D eigenvalue weighted by Crippen LogP contribution is -2.36. The number of aromatic amines is 1. The molecule has 2 N–H and O–H groups in total. The number of hydrogen-bond acceptors (Lipinski definition) is 3. The summed E-state index contributed by atoms with van der Waals surface area (Å²) < 4.78 is 32.2. The fraction of sp³-hybridized carbons (Fsp3) is 0.222. The molecule has 2 aromatic carbocycles. The maximum Gasteiger partial charge on any atom is 0.251 e. The van der Waals surface area contributed by atoms with E-state index in [1.807, 2.05) is 0 Å². The molecule has 25 heavy (non-hydrogen) atoms. The van der Waals surface area contributed by atoms with Crippen LogP contribution in [0.15, 0.2) is 42.7 Å². The third-order valence-corrected chi connectivity index (χ3v) is 4.36. The molecule has 1 aliphatic heterocycles. The van der Waals surface area contributed by atoms with E-state index < -0.39 is 17.7 Å². The first-order chi connectivity index (χ1) is 12.1. The van der Waals surface area contributed by atoms with Gasteiger partial charge in [-0.2, -0.15) is 0 Å². The van der Waals surface area contributed by atoms with Gasteiger partial charge in [0.1, 0.15) is 6.10 Å². The number of halogens is 2. The Balaban J connectivity index is 1.54. The van der Waals surface area contributed by atoms with Crippen molar-refractivity contribution in [2.24, 2.45) is 0 Å². The van der Waals surface area contributed by atoms with Gasteiger partial charge in [0.2, 0.25) is 0 Å². The fourth-order valence-electron chi connectivity index (χ4n) is 3.08. The molecule has 0 bridgehead atoms. The van der Waals surface area contributed by atoms with E-state index in [-0.39, 0.29) is 11.9 Å². The van der Waals surface area contributed by atoms with Crippen LogP contribution >= 0.6 is 0 Å². The Bertz CT molecular complexity index is 941. The Labute approximate surface area is 142 Å². The number of nitrogens with zero attached hydrogens (tertiary/aromatic N) is 1. The average Bonchev–Trinajstić information content (AvgIpc) is 3.25. The Hall–Kier alpha value is -2.80. The summed E-state index contributed by atoms with van der Waals surface area (Å²) in [5.74, 6) is -2.09. The van der Waals surface area contributed by atoms with Crippen LogP contribution in [0.1, 0.15) is 28.4 Å². The minimum absolute atomic E-state index is 0.250. The van der Waals surface area contributed by atoms with E-state index in [4.69, 9.17) is 4.74 Å². The van der Waals surface area contributed by atoms with Crippen molar-refractivity contribution >= 4 is 16.9 Å². The van der Waals surface area contributed by atoms with Crippen LogP contribution in [0, 0.1) is 11.6 Å². The molecule has 5 nitrogen and oxygen atoms in total. The molecule has 1 saturated heterocycles. The molecular weight excluding hydrogens is 328 g/mol. The quantitative estimate of drug-likeness (QED) is 0.768. The smallest absolute Gasteiger partial charge is 0.251 e. The zero-order chi connectivity index (χ0) is 17.4. The SMILES string of the molecule is O=C(N[C@H]1CCO[C@@H]1c1ccc(F)c(F)c1)c1ccc2nc[nH]c2c1. The zero-order valence-corrected chi connectivity index (χ0v) is 13.1. The summed E-state index contributed by atoms with van der Waals surface area (Å²) in [5.41, 5.74) is 2.55. The van der Waals surface area contributed by atoms with Crippen LogP contribution in [-0.2, 0) is 4.74 Å². The minimum Gasteiger partial charge on any atom is -0.371 e. The highest BCUT2D eigenvalue weighted by molar-refractivity contribution is 5.97. The molecule has 0 saturated carbocycles. The lowest BCUT2D eigenvalue weighted by molar-refractivity contribution is 0.0820. The molecular formula is C18H15F2N3O2. The number of amides is 1. The van der Waals surface area contributed by atoms with E-state index in [1.165, 1.54) is 6.07 Å². The third-order valence-electron chi connectivity index (χ3n) is 4.36. The van der Waals surface area contributed by atoms with Crippen molar-refractivity contribution in [3.05, 3.63) is 65.5 Å². The Morgan fingerprint density at radius 3 is 2.92 bits per heavy atom. The van der Waals surface area contributed by atoms with Gasteiger partial charge in [-0.15, -0.1) is 0 Å². The molecule has 1 amide bonds. The lowest BCUT2D eigenvalue weighted by Gasteiger charge is -2.20. The predicted octanol–water partition coefficient (Wildman–Crippen LogP) is 3.10. The van der Waals surface area contributed by atoms with Gasteiger partial charge >= 0.3 is 0 Å². The maximum atomic E-state index is 13.5. The summed E-state index contributed by atoms with van der Waals surface area (Å²) in [6, 6.07) is 8.53. The van der Waals surface area contributed by atoms with Gasteiger partial charge in [-0.25, -0.2) is 13.8 Å². The van der Waals surface area contributed by atoms with E-state index in [0.29, 0.717) is 24.2 Å². The number of carbonyl (C=O) groups is 1. The summed E-state index contributed by atoms with van der Waals surface area (Å²) in [4.78, 5) is 19.6. The van der Waals surface area contributed by atoms with E-state index >= 15 is 0 Å². The maximum absolute atomic E-state index is 13.5. The van der Waals surface area contributed by atoms with Gasteiger partial charge in [0.15, 0.2) is 11.6 Å². The van der Waals surface area contributed by atoms with Crippen LogP contribution in [0.25, 0.3) is 11.0 Å². The Morgan fingerprint density at radius 2 is 2.08 bits per heavy atom. The van der Waals surface area contributed by atoms with Gasteiger partial charge in [-0.1, -0.05) is 6.07 Å². The molecule has 0 radical (unpaired) electrons. The topological polar surface area (TPSA) is 67.0 Å². The zero-order valence-electron chi connectivity index (χ0n) is 13.1. The second-order valence-electron chi connectivity index (χ2n) is 5.97. The molecule has 0 unspecified atom stereocenters. The van der Waals surface area contributed by atoms with Crippen LogP contribution in [0.2, 0.25) is 0 Å². The Morgan fingerprint density at radius 1 is 1.20 bits per heavy atom. The molecule has 1 fully saturated rings. The number of H-pyrrole nitrogens is 1. The number of imidazole rings is 1. The number of carbonyl (C=O) groups excluding carboxylic acids is 1. The lowest BCUT2D eigenvalue weighted by atomic mass is 10.0. The molecule has 0 aliphatic carbocycles. The molecule has 3 aromatic rings. The highest BCUT2D eigenvalue weighted by atomic mass is 19.2. The highest BCUT2D eigenvalue weighted by Crippen LogP contribution is 2.30. The van der Waals surface area contributed by atoms with Crippen molar-refractivity contribution in [2.45, 2.75) is 18.6 Å². The number of hydrogen-bond donors (Lipinski definition) is 2. The summed E-state index contributed by atoms with van der Waals surface area (Å²) in [5, 5.41) is 2.92. The standard InChI is InChI=1S/C18H15F2N3O2/c19-12-3-1-10(7-13(12)20)17-15(5-6-25-17)23-18(24)11-2-4-14-16(8-11)22-9-21-14/h1-4,7-9,15,17H,5-6H2,(H,21,22)(H,23,24)/t15-,17+/m0/s1. The average molecular weight is 343 g/mol. The van der Waals surface area contributed by atoms with E-state index in [2.05, 4.69) is 15.3 Å². The van der Waals surface area contributed by atoms with Crippen molar-refractivity contribution in [1.29, 1.82) is 0 Å². The van der Waals surface area contributed by atoms with Gasteiger partial charge in [0.25, 0.3) is 5.91 Å². The molecule has 7 heteroatoms. The van der Waals surface area contributed by atoms with Gasteiger partial charge in [-0.05, 0) is 42.3 Å². The van der Waals surface area contributed by atoms with Gasteiger partial charge < -0.3 is 15.0 Å². The monoisotopic (exact) mass is 343 g/mol. The van der Waals surface area contributed by atoms with Crippen LogP contribution in [-0.4, -0.2) is 28.5 Å². The first kappa shape index (κ1) is 15.7. The van der Waals surface area contributed by atoms with Gasteiger partial charge in [0.05, 0.1) is 23.4 Å². The van der Waals surface area contributed by atoms with E-state index in [0.717, 1.165) is 23.2 Å². The molecule has 0 spiro atoms. The van der Waals surface area contributed by atoms with Crippen LogP contribution < -0.4 is 5.32 Å². The molecule has 1 aromatic heterocycles. The first-order valence-corrected chi connectivity index (χ1v) is 7.92. The van der Waals surface area contributed by atoms with E-state index in [9.17, 15) is 13.6 Å². The van der Waals surface area contributed by atoms with Crippen molar-refractivity contribution in [3.8, 4) is 0 Å². The predicted molar refractivity (Wildman–Crippen MR) is 87.0 cm³/mol. The normalized spacial score (nSPS) is 20.1. The van der Waals surface area contributed by atoms with Gasteiger partial charge in [0, 0.05) is 12.2 Å². The molecule has 128 valence electrons. The van der Waals surface area contributed by atoms with Gasteiger partial charge in [-0.3, -0.25) is 4.79 Å². The summed E-state index contributed by atoms with van der Waals surface area (Å²) in [7, 11) is 0.